The highest BCUT2D eigenvalue weighted by molar-refractivity contribution is 7.89. The average Bonchev–Trinajstić information content (AvgIpc) is 2.78. The number of amides is 1. The quantitative estimate of drug-likeness (QED) is 0.542. The van der Waals surface area contributed by atoms with Gasteiger partial charge in [-0.2, -0.15) is 9.57 Å². The van der Waals surface area contributed by atoms with E-state index in [0.29, 0.717) is 32.5 Å². The van der Waals surface area contributed by atoms with Gasteiger partial charge in [0.25, 0.3) is 0 Å². The molecule has 2 fully saturated rings. The second-order valence-corrected chi connectivity index (χ2v) is 10.6. The van der Waals surface area contributed by atoms with Gasteiger partial charge in [0, 0.05) is 51.7 Å². The Kier molecular flexibility index (Phi) is 9.17. The molecule has 1 aromatic rings. The van der Waals surface area contributed by atoms with Crippen molar-refractivity contribution >= 4 is 39.1 Å². The molecule has 2 aliphatic heterocycles. The summed E-state index contributed by atoms with van der Waals surface area (Å²) in [5, 5.41) is 8.87. The van der Waals surface area contributed by atoms with E-state index in [-0.39, 0.29) is 40.1 Å². The van der Waals surface area contributed by atoms with Crippen LogP contribution < -0.4 is 0 Å². The number of hydrogen-bond donors (Lipinski definition) is 0. The molecule has 1 amide bonds. The van der Waals surface area contributed by atoms with Gasteiger partial charge in [0.15, 0.2) is 0 Å². The van der Waals surface area contributed by atoms with Crippen LogP contribution in [-0.2, 0) is 19.6 Å². The molecule has 2 aliphatic rings. The van der Waals surface area contributed by atoms with Gasteiger partial charge in [-0.1, -0.05) is 35.7 Å². The van der Waals surface area contributed by atoms with Crippen molar-refractivity contribution in [2.75, 3.05) is 52.5 Å². The van der Waals surface area contributed by atoms with Gasteiger partial charge in [-0.15, -0.1) is 0 Å². The summed E-state index contributed by atoms with van der Waals surface area (Å²) in [6, 6.07) is 6.38. The minimum absolute atomic E-state index is 0.0828. The third-order valence-corrected chi connectivity index (χ3v) is 8.77. The highest BCUT2D eigenvalue weighted by Crippen LogP contribution is 2.34. The lowest BCUT2D eigenvalue weighted by molar-refractivity contribution is -0.138. The lowest BCUT2D eigenvalue weighted by Crippen LogP contribution is -2.50. The number of carbonyl (C=O) groups is 1. The van der Waals surface area contributed by atoms with Gasteiger partial charge in [0.1, 0.15) is 11.5 Å². The first-order chi connectivity index (χ1) is 15.3. The molecule has 1 aromatic carbocycles. The van der Waals surface area contributed by atoms with Gasteiger partial charge in [0.05, 0.1) is 22.7 Å². The number of benzene rings is 1. The number of halogens is 2. The molecule has 0 spiro atoms. The molecule has 11 heteroatoms. The standard InChI is InChI=1S/C21H28Cl2N4O4S/c22-18-6-3-7-19(23)21(18)32(29,30)27-10-2-1-5-17(27)15-31-16-20(28)26-13-11-25(12-14-26)9-4-8-24/h3,6-7,17H,1-2,4-5,9-16H2. The van der Waals surface area contributed by atoms with Gasteiger partial charge in [-0.3, -0.25) is 9.69 Å². The maximum Gasteiger partial charge on any atom is 0.248 e. The van der Waals surface area contributed by atoms with E-state index in [1.54, 1.807) is 11.0 Å². The van der Waals surface area contributed by atoms with Gasteiger partial charge in [0.2, 0.25) is 15.9 Å². The van der Waals surface area contributed by atoms with Crippen LogP contribution in [0.15, 0.2) is 23.1 Å². The van der Waals surface area contributed by atoms with Crippen LogP contribution in [0.1, 0.15) is 25.7 Å². The third-order valence-electron chi connectivity index (χ3n) is 5.86. The topological polar surface area (TPSA) is 94.0 Å². The smallest absolute Gasteiger partial charge is 0.248 e. The number of sulfonamides is 1. The zero-order valence-corrected chi connectivity index (χ0v) is 20.2. The molecule has 0 radical (unpaired) electrons. The van der Waals surface area contributed by atoms with Crippen LogP contribution in [0.4, 0.5) is 0 Å². The molecule has 3 rings (SSSR count). The Morgan fingerprint density at radius 2 is 1.81 bits per heavy atom. The normalized spacial score (nSPS) is 20.8. The largest absolute Gasteiger partial charge is 0.370 e. The summed E-state index contributed by atoms with van der Waals surface area (Å²) in [5.74, 6) is -0.107. The van der Waals surface area contributed by atoms with Gasteiger partial charge in [-0.25, -0.2) is 8.42 Å². The Morgan fingerprint density at radius 3 is 2.47 bits per heavy atom. The van der Waals surface area contributed by atoms with Crippen molar-refractivity contribution in [2.45, 2.75) is 36.6 Å². The number of nitrogens with zero attached hydrogens (tertiary/aromatic N) is 4. The van der Waals surface area contributed by atoms with Crippen LogP contribution >= 0.6 is 23.2 Å². The fourth-order valence-corrected chi connectivity index (χ4v) is 6.88. The van der Waals surface area contributed by atoms with Crippen molar-refractivity contribution in [3.8, 4) is 6.07 Å². The van der Waals surface area contributed by atoms with Gasteiger partial charge >= 0.3 is 0 Å². The van der Waals surface area contributed by atoms with Crippen molar-refractivity contribution in [3.05, 3.63) is 28.2 Å². The minimum atomic E-state index is -3.89. The minimum Gasteiger partial charge on any atom is -0.370 e. The highest BCUT2D eigenvalue weighted by Gasteiger charge is 2.36. The number of piperazine rings is 1. The van der Waals surface area contributed by atoms with Crippen LogP contribution in [-0.4, -0.2) is 87.0 Å². The SMILES string of the molecule is N#CCCN1CCN(C(=O)COCC2CCCCN2S(=O)(=O)c2c(Cl)cccc2Cl)CC1. The van der Waals surface area contributed by atoms with Gasteiger partial charge in [-0.05, 0) is 25.0 Å². The van der Waals surface area contributed by atoms with Crippen LogP contribution in [0.5, 0.6) is 0 Å². The van der Waals surface area contributed by atoms with E-state index in [1.165, 1.54) is 16.4 Å². The molecule has 32 heavy (non-hydrogen) atoms. The van der Waals surface area contributed by atoms with E-state index in [9.17, 15) is 13.2 Å². The molecule has 0 aromatic heterocycles. The van der Waals surface area contributed by atoms with E-state index in [0.717, 1.165) is 32.5 Å². The lowest BCUT2D eigenvalue weighted by atomic mass is 10.1. The molecule has 2 saturated heterocycles. The van der Waals surface area contributed by atoms with Crippen LogP contribution in [0.3, 0.4) is 0 Å². The zero-order valence-electron chi connectivity index (χ0n) is 17.9. The van der Waals surface area contributed by atoms with Crippen molar-refractivity contribution in [1.82, 2.24) is 14.1 Å². The maximum atomic E-state index is 13.3. The summed E-state index contributed by atoms with van der Waals surface area (Å²) < 4.78 is 33.7. The molecule has 1 unspecified atom stereocenters. The molecule has 0 saturated carbocycles. The fraction of sp³-hybridized carbons (Fsp3) is 0.619. The summed E-state index contributed by atoms with van der Waals surface area (Å²) in [5.41, 5.74) is 0. The summed E-state index contributed by atoms with van der Waals surface area (Å²) in [4.78, 5) is 16.3. The van der Waals surface area contributed by atoms with Crippen molar-refractivity contribution < 1.29 is 17.9 Å². The molecule has 8 nitrogen and oxygen atoms in total. The monoisotopic (exact) mass is 502 g/mol. The third kappa shape index (κ3) is 6.13. The Labute approximate surface area is 199 Å². The number of ether oxygens (including phenoxy) is 1. The molecular weight excluding hydrogens is 475 g/mol. The maximum absolute atomic E-state index is 13.3. The molecule has 2 heterocycles. The van der Waals surface area contributed by atoms with Gasteiger partial charge < -0.3 is 9.64 Å². The van der Waals surface area contributed by atoms with E-state index in [1.807, 2.05) is 0 Å². The van der Waals surface area contributed by atoms with Crippen molar-refractivity contribution in [2.24, 2.45) is 0 Å². The fourth-order valence-electron chi connectivity index (χ4n) is 4.11. The van der Waals surface area contributed by atoms with Crippen LogP contribution in [0.25, 0.3) is 0 Å². The van der Waals surface area contributed by atoms with Crippen molar-refractivity contribution in [1.29, 1.82) is 5.26 Å². The summed E-state index contributed by atoms with van der Waals surface area (Å²) in [6.45, 7) is 3.80. The Hall–Kier alpha value is -1.41. The second-order valence-electron chi connectivity index (χ2n) is 7.96. The highest BCUT2D eigenvalue weighted by atomic mass is 35.5. The molecule has 1 atom stereocenters. The Bertz CT molecular complexity index is 925. The van der Waals surface area contributed by atoms with E-state index < -0.39 is 10.0 Å². The van der Waals surface area contributed by atoms with Crippen LogP contribution in [0, 0.1) is 11.3 Å². The molecule has 0 bridgehead atoms. The Balaban J connectivity index is 1.55. The average molecular weight is 503 g/mol. The predicted molar refractivity (Wildman–Crippen MR) is 122 cm³/mol. The first-order valence-corrected chi connectivity index (χ1v) is 12.9. The summed E-state index contributed by atoms with van der Waals surface area (Å²) >= 11 is 12.3. The van der Waals surface area contributed by atoms with Crippen molar-refractivity contribution in [3.63, 3.8) is 0 Å². The molecular formula is C21H28Cl2N4O4S. The molecule has 176 valence electrons. The summed E-state index contributed by atoms with van der Waals surface area (Å²) in [6.07, 6.45) is 2.76. The zero-order chi connectivity index (χ0) is 23.1. The van der Waals surface area contributed by atoms with E-state index in [4.69, 9.17) is 33.2 Å². The number of piperidine rings is 1. The number of rotatable bonds is 8. The molecule has 0 aliphatic carbocycles. The Morgan fingerprint density at radius 1 is 1.12 bits per heavy atom. The number of hydrogen-bond acceptors (Lipinski definition) is 6. The van der Waals surface area contributed by atoms with E-state index in [2.05, 4.69) is 11.0 Å². The lowest BCUT2D eigenvalue weighted by Gasteiger charge is -2.36. The number of nitriles is 1. The summed E-state index contributed by atoms with van der Waals surface area (Å²) in [7, 11) is -3.89. The van der Waals surface area contributed by atoms with Crippen LogP contribution in [0.2, 0.25) is 10.0 Å². The first kappa shape index (κ1) is 25.2. The molecule has 0 N–H and O–H groups in total. The predicted octanol–water partition coefficient (Wildman–Crippen LogP) is 2.61. The first-order valence-electron chi connectivity index (χ1n) is 10.7. The van der Waals surface area contributed by atoms with E-state index >= 15 is 0 Å². The number of carbonyl (C=O) groups excluding carboxylic acids is 1. The second kappa shape index (κ2) is 11.6.